The van der Waals surface area contributed by atoms with Crippen molar-refractivity contribution in [3.8, 4) is 17.2 Å². The first-order valence-electron chi connectivity index (χ1n) is 13.3. The molecule has 0 radical (unpaired) electrons. The van der Waals surface area contributed by atoms with Crippen LogP contribution in [-0.4, -0.2) is 38.6 Å². The number of halogens is 3. The Hall–Kier alpha value is -2.84. The third-order valence-electron chi connectivity index (χ3n) is 7.02. The van der Waals surface area contributed by atoms with Gasteiger partial charge in [-0.25, -0.2) is 0 Å². The third kappa shape index (κ3) is 8.57. The highest BCUT2D eigenvalue weighted by Crippen LogP contribution is 2.40. The summed E-state index contributed by atoms with van der Waals surface area (Å²) in [7, 11) is 3.33. The van der Waals surface area contributed by atoms with Gasteiger partial charge in [0.25, 0.3) is 0 Å². The minimum Gasteiger partial charge on any atom is -0.493 e. The summed E-state index contributed by atoms with van der Waals surface area (Å²) in [5.74, 6) is 1.36. The molecule has 3 aromatic rings. The summed E-state index contributed by atoms with van der Waals surface area (Å²) in [4.78, 5) is 3.65. The first-order chi connectivity index (χ1) is 18.7. The number of benzene rings is 3. The Balaban J connectivity index is 1.31. The lowest BCUT2D eigenvalue weighted by Gasteiger charge is -2.29. The summed E-state index contributed by atoms with van der Waals surface area (Å²) in [5, 5.41) is 0.150. The van der Waals surface area contributed by atoms with Crippen molar-refractivity contribution in [2.24, 2.45) is 0 Å². The quantitative estimate of drug-likeness (QED) is 0.164. The lowest BCUT2D eigenvalue weighted by atomic mass is 9.98. The van der Waals surface area contributed by atoms with Gasteiger partial charge in [-0.2, -0.15) is 0 Å². The number of nitrogens with zero attached hydrogens (tertiary/aromatic N) is 1. The van der Waals surface area contributed by atoms with Gasteiger partial charge in [0.2, 0.25) is 0 Å². The average molecular weight is 560 g/mol. The van der Waals surface area contributed by atoms with E-state index in [4.69, 9.17) is 9.47 Å². The van der Waals surface area contributed by atoms with Crippen LogP contribution in [0.15, 0.2) is 65.6 Å². The van der Waals surface area contributed by atoms with E-state index in [0.29, 0.717) is 0 Å². The fourth-order valence-corrected chi connectivity index (χ4v) is 6.13. The molecule has 8 heteroatoms. The molecule has 0 amide bonds. The number of hydrogen-bond acceptors (Lipinski definition) is 5. The molecule has 1 aliphatic heterocycles. The summed E-state index contributed by atoms with van der Waals surface area (Å²) in [6.07, 6.45) is 0.488. The van der Waals surface area contributed by atoms with Gasteiger partial charge >= 0.3 is 6.36 Å². The number of methoxy groups -OCH3 is 2. The molecule has 1 heterocycles. The second-order valence-corrected chi connectivity index (χ2v) is 11.2. The molecule has 39 heavy (non-hydrogen) atoms. The van der Waals surface area contributed by atoms with E-state index in [1.54, 1.807) is 38.1 Å². The molecule has 0 saturated carbocycles. The van der Waals surface area contributed by atoms with Gasteiger partial charge in [0.1, 0.15) is 5.75 Å². The number of fused-ring (bicyclic) bond motifs is 1. The lowest BCUT2D eigenvalue weighted by molar-refractivity contribution is -0.274. The van der Waals surface area contributed by atoms with Crippen LogP contribution in [0, 0.1) is 6.92 Å². The average Bonchev–Trinajstić information content (AvgIpc) is 2.92. The number of hydrogen-bond donors (Lipinski definition) is 0. The van der Waals surface area contributed by atoms with Gasteiger partial charge in [-0.15, -0.1) is 24.9 Å². The summed E-state index contributed by atoms with van der Waals surface area (Å²) in [6.45, 7) is 5.03. The number of unbranched alkanes of at least 4 members (excludes halogenated alkanes) is 2. The van der Waals surface area contributed by atoms with Gasteiger partial charge in [-0.1, -0.05) is 42.7 Å². The van der Waals surface area contributed by atoms with Crippen molar-refractivity contribution >= 4 is 11.8 Å². The van der Waals surface area contributed by atoms with Crippen molar-refractivity contribution in [3.05, 3.63) is 82.9 Å². The summed E-state index contributed by atoms with van der Waals surface area (Å²) < 4.78 is 52.8. The zero-order chi connectivity index (χ0) is 27.8. The molecule has 1 aliphatic rings. The number of ether oxygens (including phenoxy) is 3. The van der Waals surface area contributed by atoms with Crippen molar-refractivity contribution in [2.75, 3.05) is 27.3 Å². The van der Waals surface area contributed by atoms with Crippen LogP contribution in [0.5, 0.6) is 17.2 Å². The molecule has 210 valence electrons. The molecule has 3 aromatic carbocycles. The topological polar surface area (TPSA) is 30.9 Å². The number of thioether (sulfide) groups is 1. The van der Waals surface area contributed by atoms with Gasteiger partial charge in [0.05, 0.1) is 14.2 Å². The fourth-order valence-electron chi connectivity index (χ4n) is 4.93. The maximum absolute atomic E-state index is 12.6. The third-order valence-corrected chi connectivity index (χ3v) is 8.36. The lowest BCUT2D eigenvalue weighted by Crippen LogP contribution is -2.31. The highest BCUT2D eigenvalue weighted by molar-refractivity contribution is 7.99. The summed E-state index contributed by atoms with van der Waals surface area (Å²) in [6, 6.07) is 18.9. The smallest absolute Gasteiger partial charge is 0.493 e. The van der Waals surface area contributed by atoms with E-state index in [0.717, 1.165) is 73.7 Å². The van der Waals surface area contributed by atoms with Crippen molar-refractivity contribution in [2.45, 2.75) is 62.1 Å². The molecule has 4 nitrogen and oxygen atoms in total. The highest BCUT2D eigenvalue weighted by Gasteiger charge is 2.31. The summed E-state index contributed by atoms with van der Waals surface area (Å²) >= 11 is 1.76. The highest BCUT2D eigenvalue weighted by atomic mass is 32.2. The molecule has 0 aromatic heterocycles. The Morgan fingerprint density at radius 3 is 2.18 bits per heavy atom. The molecule has 0 spiro atoms. The van der Waals surface area contributed by atoms with Crippen LogP contribution in [-0.2, 0) is 13.0 Å². The largest absolute Gasteiger partial charge is 0.573 e. The standard InChI is InChI=1S/C31H36F3NO3S/c1-22-8-14-27(15-9-22)39-30(23-10-12-26(13-11-23)38-31(32,33)34)7-5-4-6-17-35-18-16-24-19-28(36-2)29(37-3)20-25(24)21-35/h8-15,19-20,30H,4-7,16-18,21H2,1-3H3. The van der Waals surface area contributed by atoms with Crippen molar-refractivity contribution in [3.63, 3.8) is 0 Å². The van der Waals surface area contributed by atoms with Crippen LogP contribution >= 0.6 is 11.8 Å². The van der Waals surface area contributed by atoms with E-state index in [1.165, 1.54) is 28.8 Å². The van der Waals surface area contributed by atoms with E-state index < -0.39 is 6.36 Å². The minimum absolute atomic E-state index is 0.150. The Labute approximate surface area is 233 Å². The van der Waals surface area contributed by atoms with Crippen LogP contribution in [0.4, 0.5) is 13.2 Å². The van der Waals surface area contributed by atoms with E-state index in [-0.39, 0.29) is 11.0 Å². The predicted octanol–water partition coefficient (Wildman–Crippen LogP) is 8.36. The van der Waals surface area contributed by atoms with Crippen LogP contribution in [0.25, 0.3) is 0 Å². The van der Waals surface area contributed by atoms with E-state index in [2.05, 4.69) is 53.0 Å². The van der Waals surface area contributed by atoms with E-state index >= 15 is 0 Å². The maximum atomic E-state index is 12.6. The molecule has 1 atom stereocenters. The molecule has 0 N–H and O–H groups in total. The van der Waals surface area contributed by atoms with Crippen LogP contribution in [0.1, 0.15) is 53.2 Å². The summed E-state index contributed by atoms with van der Waals surface area (Å²) in [5.41, 5.74) is 4.83. The maximum Gasteiger partial charge on any atom is 0.573 e. The Morgan fingerprint density at radius 1 is 0.872 bits per heavy atom. The molecule has 0 saturated heterocycles. The van der Waals surface area contributed by atoms with Gasteiger partial charge in [-0.05, 0) is 85.8 Å². The monoisotopic (exact) mass is 559 g/mol. The van der Waals surface area contributed by atoms with Crippen molar-refractivity contribution in [1.29, 1.82) is 0 Å². The predicted molar refractivity (Wildman–Crippen MR) is 150 cm³/mol. The van der Waals surface area contributed by atoms with Crippen molar-refractivity contribution < 1.29 is 27.4 Å². The van der Waals surface area contributed by atoms with Gasteiger partial charge in [0, 0.05) is 23.2 Å². The SMILES string of the molecule is COc1cc2c(cc1OC)CN(CCCCCC(Sc1ccc(C)cc1)c1ccc(OC(F)(F)F)cc1)CC2. The van der Waals surface area contributed by atoms with Gasteiger partial charge < -0.3 is 14.2 Å². The zero-order valence-electron chi connectivity index (χ0n) is 22.7. The minimum atomic E-state index is -4.69. The Morgan fingerprint density at radius 2 is 1.54 bits per heavy atom. The Bertz CT molecular complexity index is 1200. The molecule has 0 bridgehead atoms. The van der Waals surface area contributed by atoms with Gasteiger partial charge in [-0.3, -0.25) is 4.90 Å². The van der Waals surface area contributed by atoms with Crippen molar-refractivity contribution in [1.82, 2.24) is 4.90 Å². The number of alkyl halides is 3. The second-order valence-electron chi connectivity index (χ2n) is 9.89. The molecular weight excluding hydrogens is 523 g/mol. The van der Waals surface area contributed by atoms with Crippen LogP contribution in [0.2, 0.25) is 0 Å². The molecule has 1 unspecified atom stereocenters. The number of aryl methyl sites for hydroxylation is 1. The van der Waals surface area contributed by atoms with E-state index in [9.17, 15) is 13.2 Å². The molecule has 4 rings (SSSR count). The molecule has 0 aliphatic carbocycles. The first kappa shape index (κ1) is 29.2. The normalized spacial score (nSPS) is 14.5. The van der Waals surface area contributed by atoms with E-state index in [1.807, 2.05) is 0 Å². The van der Waals surface area contributed by atoms with Crippen LogP contribution in [0.3, 0.4) is 0 Å². The molecule has 0 fully saturated rings. The second kappa shape index (κ2) is 13.5. The van der Waals surface area contributed by atoms with Crippen LogP contribution < -0.4 is 14.2 Å². The first-order valence-corrected chi connectivity index (χ1v) is 14.2. The van der Waals surface area contributed by atoms with Gasteiger partial charge in [0.15, 0.2) is 11.5 Å². The number of rotatable bonds is 12. The Kier molecular flexibility index (Phi) is 10.1. The fraction of sp³-hybridized carbons (Fsp3) is 0.419. The molecular formula is C31H36F3NO3S. The zero-order valence-corrected chi connectivity index (χ0v) is 23.5.